The molecule has 0 aliphatic carbocycles. The van der Waals surface area contributed by atoms with Crippen LogP contribution in [0.1, 0.15) is 5.69 Å². The molecule has 25 heavy (non-hydrogen) atoms. The topological polar surface area (TPSA) is 53.4 Å². The predicted octanol–water partition coefficient (Wildman–Crippen LogP) is 3.02. The summed E-state index contributed by atoms with van der Waals surface area (Å²) in [5.41, 5.74) is 5.06. The van der Waals surface area contributed by atoms with Crippen LogP contribution in [0.15, 0.2) is 48.4 Å². The molecule has 0 saturated heterocycles. The van der Waals surface area contributed by atoms with E-state index in [1.54, 1.807) is 6.26 Å². The zero-order valence-electron chi connectivity index (χ0n) is 13.9. The molecule has 0 bridgehead atoms. The molecule has 0 aromatic heterocycles. The minimum Gasteiger partial charge on any atom is -0.500 e. The van der Waals surface area contributed by atoms with Crippen LogP contribution >= 0.6 is 0 Å². The highest BCUT2D eigenvalue weighted by Crippen LogP contribution is 2.41. The van der Waals surface area contributed by atoms with Crippen LogP contribution in [0.25, 0.3) is 22.2 Å². The van der Waals surface area contributed by atoms with Crippen molar-refractivity contribution in [2.45, 2.75) is 13.0 Å². The molecule has 5 heteroatoms. The average molecular weight is 334 g/mol. The van der Waals surface area contributed by atoms with Crippen molar-refractivity contribution in [2.75, 3.05) is 13.7 Å². The van der Waals surface area contributed by atoms with Gasteiger partial charge in [-0.25, -0.2) is 9.78 Å². The van der Waals surface area contributed by atoms with Crippen LogP contribution in [0.2, 0.25) is 0 Å². The van der Waals surface area contributed by atoms with Gasteiger partial charge in [0, 0.05) is 41.2 Å². The van der Waals surface area contributed by atoms with Crippen molar-refractivity contribution in [1.82, 2.24) is 9.55 Å². The normalized spacial score (nSPS) is 22.0. The fraction of sp³-hybridized carbons (Fsp3) is 0.300. The molecular weight excluding hydrogens is 316 g/mol. The summed E-state index contributed by atoms with van der Waals surface area (Å²) in [6.07, 6.45) is 4.49. The maximum atomic E-state index is 12.1. The zero-order chi connectivity index (χ0) is 17.0. The van der Waals surface area contributed by atoms with Crippen LogP contribution in [-0.4, -0.2) is 29.2 Å². The number of esters is 1. The van der Waals surface area contributed by atoms with Crippen LogP contribution in [0.4, 0.5) is 0 Å². The Morgan fingerprint density at radius 1 is 1.32 bits per heavy atom. The van der Waals surface area contributed by atoms with Gasteiger partial charge in [-0.2, -0.15) is 0 Å². The molecule has 1 aromatic rings. The molecule has 0 N–H and O–H groups in total. The summed E-state index contributed by atoms with van der Waals surface area (Å²) >= 11 is 0. The largest absolute Gasteiger partial charge is 0.500 e. The highest BCUT2D eigenvalue weighted by molar-refractivity contribution is 5.98. The second-order valence-electron chi connectivity index (χ2n) is 6.77. The van der Waals surface area contributed by atoms with Crippen molar-refractivity contribution < 1.29 is 14.3 Å². The Hall–Kier alpha value is -2.82. The van der Waals surface area contributed by atoms with Crippen molar-refractivity contribution >= 4 is 16.9 Å². The fourth-order valence-corrected chi connectivity index (χ4v) is 4.23. The number of fused-ring (bicyclic) bond motifs is 6. The molecule has 0 amide bonds. The van der Waals surface area contributed by atoms with E-state index in [0.717, 1.165) is 24.2 Å². The maximum absolute atomic E-state index is 12.1. The van der Waals surface area contributed by atoms with E-state index in [0.29, 0.717) is 12.2 Å². The number of carbonyl (C=O) groups is 1. The number of hydrogen-bond acceptors (Lipinski definition) is 4. The highest BCUT2D eigenvalue weighted by atomic mass is 16.5. The van der Waals surface area contributed by atoms with Crippen LogP contribution in [0.3, 0.4) is 0 Å². The van der Waals surface area contributed by atoms with Gasteiger partial charge in [0.25, 0.3) is 0 Å². The fourth-order valence-electron chi connectivity index (χ4n) is 4.23. The number of aromatic nitrogens is 2. The number of methoxy groups -OCH3 is 1. The smallest absolute Gasteiger partial charge is 0.337 e. The van der Waals surface area contributed by atoms with Gasteiger partial charge < -0.3 is 14.0 Å². The zero-order valence-corrected chi connectivity index (χ0v) is 13.9. The number of ether oxygens (including phenoxy) is 2. The number of rotatable bonds is 1. The third-order valence-corrected chi connectivity index (χ3v) is 5.48. The van der Waals surface area contributed by atoms with Crippen LogP contribution < -0.4 is 0 Å². The van der Waals surface area contributed by atoms with Gasteiger partial charge in [0.2, 0.25) is 0 Å². The van der Waals surface area contributed by atoms with Gasteiger partial charge in [-0.15, -0.1) is 0 Å². The van der Waals surface area contributed by atoms with E-state index in [2.05, 4.69) is 22.9 Å². The lowest BCUT2D eigenvalue weighted by Crippen LogP contribution is -2.38. The number of benzene rings is 1. The van der Waals surface area contributed by atoms with Gasteiger partial charge in [-0.1, -0.05) is 18.2 Å². The summed E-state index contributed by atoms with van der Waals surface area (Å²) < 4.78 is 12.7. The molecule has 5 rings (SSSR count). The van der Waals surface area contributed by atoms with Gasteiger partial charge in [-0.05, 0) is 18.6 Å². The first-order chi connectivity index (χ1) is 12.3. The van der Waals surface area contributed by atoms with Gasteiger partial charge in [0.05, 0.1) is 36.8 Å². The van der Waals surface area contributed by atoms with E-state index in [-0.39, 0.29) is 17.8 Å². The van der Waals surface area contributed by atoms with Crippen LogP contribution in [0.5, 0.6) is 0 Å². The summed E-state index contributed by atoms with van der Waals surface area (Å²) in [6.45, 7) is 1.46. The van der Waals surface area contributed by atoms with Crippen molar-refractivity contribution in [1.29, 1.82) is 0 Å². The van der Waals surface area contributed by atoms with E-state index in [1.165, 1.54) is 23.8 Å². The van der Waals surface area contributed by atoms with E-state index in [4.69, 9.17) is 14.5 Å². The summed E-state index contributed by atoms with van der Waals surface area (Å²) in [6, 6.07) is 10.4. The predicted molar refractivity (Wildman–Crippen MR) is 93.1 cm³/mol. The van der Waals surface area contributed by atoms with Gasteiger partial charge in [0.1, 0.15) is 0 Å². The number of carbonyl (C=O) groups excluding carboxylic acids is 1. The Kier molecular flexibility index (Phi) is 3.10. The second kappa shape index (κ2) is 5.34. The van der Waals surface area contributed by atoms with Gasteiger partial charge in [0.15, 0.2) is 0 Å². The number of para-hydroxylation sites is 1. The molecule has 0 radical (unpaired) electrons. The van der Waals surface area contributed by atoms with E-state index < -0.39 is 0 Å². The Morgan fingerprint density at radius 2 is 2.20 bits per heavy atom. The Balaban J connectivity index is 1.64. The van der Waals surface area contributed by atoms with Gasteiger partial charge in [-0.3, -0.25) is 0 Å². The van der Waals surface area contributed by atoms with E-state index in [1.807, 2.05) is 18.2 Å². The van der Waals surface area contributed by atoms with Crippen molar-refractivity contribution in [3.05, 3.63) is 54.1 Å². The lowest BCUT2D eigenvalue weighted by atomic mass is 9.78. The monoisotopic (exact) mass is 334 g/mol. The van der Waals surface area contributed by atoms with Crippen molar-refractivity contribution in [2.24, 2.45) is 11.8 Å². The first kappa shape index (κ1) is 14.5. The lowest BCUT2D eigenvalue weighted by molar-refractivity contribution is -0.137. The summed E-state index contributed by atoms with van der Waals surface area (Å²) in [4.78, 5) is 17.0. The first-order valence-corrected chi connectivity index (χ1v) is 8.52. The number of hydrogen-bond donors (Lipinski definition) is 0. The van der Waals surface area contributed by atoms with Crippen molar-refractivity contribution in [3.63, 3.8) is 0 Å². The minimum atomic E-state index is -0.295. The lowest BCUT2D eigenvalue weighted by Gasteiger charge is -2.37. The van der Waals surface area contributed by atoms with E-state index >= 15 is 0 Å². The van der Waals surface area contributed by atoms with Crippen LogP contribution in [0, 0.1) is 11.8 Å². The third kappa shape index (κ3) is 2.08. The molecule has 1 aromatic carbocycles. The van der Waals surface area contributed by atoms with Gasteiger partial charge >= 0.3 is 5.97 Å². The number of pyridine rings is 1. The van der Waals surface area contributed by atoms with E-state index in [9.17, 15) is 4.79 Å². The molecule has 4 heterocycles. The minimum absolute atomic E-state index is 0.117. The quantitative estimate of drug-likeness (QED) is 0.642. The molecule has 4 aliphatic heterocycles. The highest BCUT2D eigenvalue weighted by Gasteiger charge is 2.38. The third-order valence-electron chi connectivity index (χ3n) is 5.48. The molecule has 5 nitrogen and oxygen atoms in total. The Morgan fingerprint density at radius 3 is 3.08 bits per heavy atom. The molecule has 0 fully saturated rings. The second-order valence-corrected chi connectivity index (χ2v) is 6.77. The summed E-state index contributed by atoms with van der Waals surface area (Å²) in [5.74, 6) is 0.0981. The summed E-state index contributed by atoms with van der Waals surface area (Å²) in [5, 5.41) is 1.18. The molecule has 0 spiro atoms. The molecule has 2 atom stereocenters. The first-order valence-electron chi connectivity index (χ1n) is 8.52. The Labute approximate surface area is 145 Å². The molecule has 1 unspecified atom stereocenters. The Bertz CT molecular complexity index is 988. The average Bonchev–Trinajstić information content (AvgIpc) is 3.04. The van der Waals surface area contributed by atoms with Crippen molar-refractivity contribution in [3.8, 4) is 11.3 Å². The maximum Gasteiger partial charge on any atom is 0.337 e. The molecule has 4 aliphatic rings. The molecule has 0 saturated carbocycles. The number of nitrogens with zero attached hydrogens (tertiary/aromatic N) is 2. The summed E-state index contributed by atoms with van der Waals surface area (Å²) in [7, 11) is 1.42. The van der Waals surface area contributed by atoms with Crippen LogP contribution in [-0.2, 0) is 27.2 Å². The molecule has 126 valence electrons. The standard InChI is InChI=1S/C20H18N2O3/c1-24-20(23)16-11-25-10-12-9-22-7-6-14-13-4-2-3-5-17(13)21-19(14)18(22)8-15(12)16/h2-7,11-12,15H,8-10H2,1H3/t12-,15?/m1/s1. The SMILES string of the molecule is COC(=O)C1=COC[C@H]2Cn3ccc4c5ccccc5nc-4c3CC12. The molecular formula is C20H18N2O3.